The summed E-state index contributed by atoms with van der Waals surface area (Å²) in [5, 5.41) is 2.41. The zero-order valence-electron chi connectivity index (χ0n) is 11.1. The highest BCUT2D eigenvalue weighted by atomic mass is 79.9. The van der Waals surface area contributed by atoms with E-state index >= 15 is 0 Å². The number of methoxy groups -OCH3 is 1. The number of anilines is 1. The molecule has 0 atom stereocenters. The van der Waals surface area contributed by atoms with Crippen LogP contribution < -0.4 is 20.5 Å². The van der Waals surface area contributed by atoms with E-state index in [4.69, 9.17) is 10.5 Å². The molecule has 1 aromatic rings. The Bertz CT molecular complexity index is 604. The minimum absolute atomic E-state index is 0.0851. The normalized spacial score (nSPS) is 10.9. The van der Waals surface area contributed by atoms with Crippen LogP contribution in [0.1, 0.15) is 13.3 Å². The van der Waals surface area contributed by atoms with Crippen LogP contribution in [0, 0.1) is 0 Å². The Morgan fingerprint density at radius 1 is 1.45 bits per heavy atom. The predicted octanol–water partition coefficient (Wildman–Crippen LogP) is 1.44. The van der Waals surface area contributed by atoms with Gasteiger partial charge in [-0.3, -0.25) is 0 Å². The lowest BCUT2D eigenvalue weighted by molar-refractivity contribution is 0.246. The predicted molar refractivity (Wildman–Crippen MR) is 79.1 cm³/mol. The van der Waals surface area contributed by atoms with Gasteiger partial charge < -0.3 is 15.8 Å². The molecule has 0 aliphatic rings. The fourth-order valence-electron chi connectivity index (χ4n) is 1.37. The molecule has 0 aliphatic heterocycles. The number of rotatable bonds is 5. The monoisotopic (exact) mass is 365 g/mol. The van der Waals surface area contributed by atoms with Gasteiger partial charge in [-0.2, -0.15) is 0 Å². The summed E-state index contributed by atoms with van der Waals surface area (Å²) in [5.74, 6) is 0.0851. The van der Waals surface area contributed by atoms with Gasteiger partial charge in [0.1, 0.15) is 10.6 Å². The summed E-state index contributed by atoms with van der Waals surface area (Å²) in [7, 11) is -2.73. The summed E-state index contributed by atoms with van der Waals surface area (Å²) < 4.78 is 31.6. The van der Waals surface area contributed by atoms with Gasteiger partial charge in [-0.15, -0.1) is 0 Å². The first kappa shape index (κ1) is 16.6. The van der Waals surface area contributed by atoms with Crippen LogP contribution in [0.2, 0.25) is 0 Å². The summed E-state index contributed by atoms with van der Waals surface area (Å²) in [6.07, 6.45) is 0.696. The first-order chi connectivity index (χ1) is 9.31. The number of halogens is 1. The second-order valence-electron chi connectivity index (χ2n) is 3.89. The van der Waals surface area contributed by atoms with Gasteiger partial charge in [-0.25, -0.2) is 17.9 Å². The van der Waals surface area contributed by atoms with Crippen molar-refractivity contribution in [2.45, 2.75) is 18.2 Å². The summed E-state index contributed by atoms with van der Waals surface area (Å²) in [5.41, 5.74) is 5.88. The zero-order valence-corrected chi connectivity index (χ0v) is 13.5. The number of urea groups is 1. The fourth-order valence-corrected chi connectivity index (χ4v) is 2.81. The van der Waals surface area contributed by atoms with Gasteiger partial charge in [0.2, 0.25) is 0 Å². The topological polar surface area (TPSA) is 111 Å². The Morgan fingerprint density at radius 2 is 2.10 bits per heavy atom. The van der Waals surface area contributed by atoms with Crippen LogP contribution in [0.15, 0.2) is 21.5 Å². The number of ether oxygens (including phenoxy) is 1. The van der Waals surface area contributed by atoms with Crippen LogP contribution in [-0.2, 0) is 10.0 Å². The third-order valence-corrected chi connectivity index (χ3v) is 4.37. The molecule has 0 spiro atoms. The molecule has 0 saturated heterocycles. The Labute approximate surface area is 126 Å². The van der Waals surface area contributed by atoms with Crippen molar-refractivity contribution < 1.29 is 17.9 Å². The quantitative estimate of drug-likeness (QED) is 0.683. The molecule has 20 heavy (non-hydrogen) atoms. The lowest BCUT2D eigenvalue weighted by Crippen LogP contribution is -2.39. The minimum Gasteiger partial charge on any atom is -0.495 e. The highest BCUT2D eigenvalue weighted by Gasteiger charge is 2.23. The Hall–Kier alpha value is -1.48. The van der Waals surface area contributed by atoms with Gasteiger partial charge in [-0.05, 0) is 34.5 Å². The van der Waals surface area contributed by atoms with E-state index in [1.165, 1.54) is 19.2 Å². The molecule has 112 valence electrons. The fraction of sp³-hybridized carbons (Fsp3) is 0.364. The van der Waals surface area contributed by atoms with Gasteiger partial charge in [-0.1, -0.05) is 6.92 Å². The molecule has 0 unspecified atom stereocenters. The highest BCUT2D eigenvalue weighted by molar-refractivity contribution is 9.10. The third kappa shape index (κ3) is 4.01. The van der Waals surface area contributed by atoms with Crippen LogP contribution in [0.3, 0.4) is 0 Å². The molecule has 9 heteroatoms. The van der Waals surface area contributed by atoms with E-state index in [-0.39, 0.29) is 16.3 Å². The molecule has 2 amide bonds. The van der Waals surface area contributed by atoms with Crippen molar-refractivity contribution in [2.24, 2.45) is 0 Å². The Kier molecular flexibility index (Phi) is 5.63. The summed E-state index contributed by atoms with van der Waals surface area (Å²) >= 11 is 3.17. The minimum atomic E-state index is -4.06. The van der Waals surface area contributed by atoms with Gasteiger partial charge in [0, 0.05) is 16.7 Å². The molecule has 0 saturated carbocycles. The van der Waals surface area contributed by atoms with Crippen molar-refractivity contribution >= 4 is 37.7 Å². The molecule has 4 N–H and O–H groups in total. The van der Waals surface area contributed by atoms with Crippen LogP contribution in [0.25, 0.3) is 0 Å². The summed E-state index contributed by atoms with van der Waals surface area (Å²) in [4.78, 5) is 11.3. The van der Waals surface area contributed by atoms with Crippen molar-refractivity contribution in [1.29, 1.82) is 0 Å². The average Bonchev–Trinajstić information content (AvgIpc) is 2.38. The summed E-state index contributed by atoms with van der Waals surface area (Å²) in [6, 6.07) is 1.85. The molecule has 0 bridgehead atoms. The standard InChI is InChI=1S/C11H16BrN3O4S/c1-3-4-14-11(16)15-20(17,18)10-6-8(13)7(12)5-9(10)19-2/h5-6H,3-4,13H2,1-2H3,(H2,14,15,16). The molecule has 0 heterocycles. The number of benzene rings is 1. The molecule has 1 aromatic carbocycles. The van der Waals surface area contributed by atoms with Gasteiger partial charge in [0.25, 0.3) is 10.0 Å². The molecule has 0 aliphatic carbocycles. The van der Waals surface area contributed by atoms with Crippen molar-refractivity contribution in [3.05, 3.63) is 16.6 Å². The van der Waals surface area contributed by atoms with E-state index in [9.17, 15) is 13.2 Å². The summed E-state index contributed by atoms with van der Waals surface area (Å²) in [6.45, 7) is 2.23. The molecular weight excluding hydrogens is 350 g/mol. The first-order valence-corrected chi connectivity index (χ1v) is 8.03. The number of hydrogen-bond acceptors (Lipinski definition) is 5. The smallest absolute Gasteiger partial charge is 0.328 e. The second-order valence-corrected chi connectivity index (χ2v) is 6.39. The first-order valence-electron chi connectivity index (χ1n) is 5.75. The van der Waals surface area contributed by atoms with Gasteiger partial charge in [0.15, 0.2) is 0 Å². The van der Waals surface area contributed by atoms with Crippen LogP contribution >= 0.6 is 15.9 Å². The van der Waals surface area contributed by atoms with Gasteiger partial charge >= 0.3 is 6.03 Å². The average molecular weight is 366 g/mol. The van der Waals surface area contributed by atoms with Crippen molar-refractivity contribution in [2.75, 3.05) is 19.4 Å². The van der Waals surface area contributed by atoms with E-state index in [2.05, 4.69) is 21.2 Å². The number of amides is 2. The van der Waals surface area contributed by atoms with Crippen molar-refractivity contribution in [1.82, 2.24) is 10.0 Å². The van der Waals surface area contributed by atoms with E-state index < -0.39 is 16.1 Å². The largest absolute Gasteiger partial charge is 0.495 e. The number of carbonyl (C=O) groups is 1. The maximum atomic E-state index is 12.1. The van der Waals surface area contributed by atoms with Gasteiger partial charge in [0.05, 0.1) is 7.11 Å². The highest BCUT2D eigenvalue weighted by Crippen LogP contribution is 2.32. The van der Waals surface area contributed by atoms with E-state index in [0.29, 0.717) is 17.4 Å². The lowest BCUT2D eigenvalue weighted by atomic mass is 10.3. The molecule has 0 radical (unpaired) electrons. The molecule has 0 fully saturated rings. The van der Waals surface area contributed by atoms with E-state index in [1.54, 1.807) is 0 Å². The second kappa shape index (κ2) is 6.80. The van der Waals surface area contributed by atoms with Crippen LogP contribution in [-0.4, -0.2) is 28.1 Å². The number of sulfonamides is 1. The van der Waals surface area contributed by atoms with Crippen LogP contribution in [0.4, 0.5) is 10.5 Å². The SMILES string of the molecule is CCCNC(=O)NS(=O)(=O)c1cc(N)c(Br)cc1OC. The maximum Gasteiger partial charge on any atom is 0.328 e. The zero-order chi connectivity index (χ0) is 15.3. The third-order valence-electron chi connectivity index (χ3n) is 2.34. The van der Waals surface area contributed by atoms with Crippen LogP contribution in [0.5, 0.6) is 5.75 Å². The molecule has 1 rings (SSSR count). The molecule has 7 nitrogen and oxygen atoms in total. The Balaban J connectivity index is 3.09. The number of carbonyl (C=O) groups excluding carboxylic acids is 1. The number of nitrogen functional groups attached to an aromatic ring is 1. The number of hydrogen-bond donors (Lipinski definition) is 3. The van der Waals surface area contributed by atoms with E-state index in [1.807, 2.05) is 11.6 Å². The lowest BCUT2D eigenvalue weighted by Gasteiger charge is -2.12. The molecule has 0 aromatic heterocycles. The number of nitrogens with two attached hydrogens (primary N) is 1. The maximum absolute atomic E-state index is 12.1. The number of nitrogens with one attached hydrogen (secondary N) is 2. The van der Waals surface area contributed by atoms with E-state index in [0.717, 1.165) is 0 Å². The van der Waals surface area contributed by atoms with Crippen molar-refractivity contribution in [3.8, 4) is 5.75 Å². The van der Waals surface area contributed by atoms with Crippen molar-refractivity contribution in [3.63, 3.8) is 0 Å². The Morgan fingerprint density at radius 3 is 2.65 bits per heavy atom. The molecular formula is C11H16BrN3O4S.